The van der Waals surface area contributed by atoms with Crippen LogP contribution < -0.4 is 5.32 Å². The highest BCUT2D eigenvalue weighted by molar-refractivity contribution is 5.35. The van der Waals surface area contributed by atoms with Gasteiger partial charge in [0.25, 0.3) is 0 Å². The van der Waals surface area contributed by atoms with E-state index in [4.69, 9.17) is 4.74 Å². The highest BCUT2D eigenvalue weighted by Crippen LogP contribution is 2.37. The van der Waals surface area contributed by atoms with Crippen molar-refractivity contribution in [2.24, 2.45) is 0 Å². The highest BCUT2D eigenvalue weighted by atomic mass is 16.5. The second-order valence-electron chi connectivity index (χ2n) is 7.52. The van der Waals surface area contributed by atoms with Gasteiger partial charge < -0.3 is 10.1 Å². The Bertz CT molecular complexity index is 695. The third kappa shape index (κ3) is 4.02. The first-order chi connectivity index (χ1) is 12.2. The Hall–Kier alpha value is -1.91. The second-order valence-corrected chi connectivity index (χ2v) is 7.52. The molecule has 0 radical (unpaired) electrons. The molecule has 2 fully saturated rings. The lowest BCUT2D eigenvalue weighted by Gasteiger charge is -2.38. The molecule has 0 aliphatic carbocycles. The molecule has 0 unspecified atom stereocenters. The van der Waals surface area contributed by atoms with Gasteiger partial charge in [-0.1, -0.05) is 35.9 Å². The van der Waals surface area contributed by atoms with Crippen molar-refractivity contribution in [2.45, 2.75) is 44.4 Å². The number of anilines is 1. The van der Waals surface area contributed by atoms with Crippen LogP contribution in [0.5, 0.6) is 0 Å². The lowest BCUT2D eigenvalue weighted by atomic mass is 9.87. The monoisotopic (exact) mass is 337 g/mol. The van der Waals surface area contributed by atoms with Crippen molar-refractivity contribution in [3.63, 3.8) is 0 Å². The number of rotatable bonds is 4. The van der Waals surface area contributed by atoms with E-state index in [2.05, 4.69) is 46.4 Å². The molecule has 2 aromatic rings. The molecular formula is C21H27N3O. The number of aromatic nitrogens is 1. The second kappa shape index (κ2) is 7.14. The number of likely N-dealkylation sites (tertiary alicyclic amines) is 1. The fourth-order valence-corrected chi connectivity index (χ4v) is 4.13. The van der Waals surface area contributed by atoms with Gasteiger partial charge in [-0.3, -0.25) is 4.90 Å². The Labute approximate surface area is 150 Å². The van der Waals surface area contributed by atoms with E-state index >= 15 is 0 Å². The summed E-state index contributed by atoms with van der Waals surface area (Å²) in [7, 11) is 0. The number of piperidine rings is 1. The fraction of sp³-hybridized carbons (Fsp3) is 0.476. The molecule has 1 spiro atoms. The minimum absolute atomic E-state index is 0.0650. The van der Waals surface area contributed by atoms with Gasteiger partial charge in [0.1, 0.15) is 5.82 Å². The molecule has 4 heteroatoms. The van der Waals surface area contributed by atoms with Crippen molar-refractivity contribution in [1.82, 2.24) is 9.88 Å². The Morgan fingerprint density at radius 1 is 1.20 bits per heavy atom. The predicted octanol–water partition coefficient (Wildman–Crippen LogP) is 3.63. The number of aryl methyl sites for hydroxylation is 1. The van der Waals surface area contributed by atoms with Crippen LogP contribution in [-0.2, 0) is 11.3 Å². The van der Waals surface area contributed by atoms with Crippen LogP contribution in [0.4, 0.5) is 5.82 Å². The number of hydrogen-bond acceptors (Lipinski definition) is 4. The number of nitrogens with one attached hydrogen (secondary N) is 1. The summed E-state index contributed by atoms with van der Waals surface area (Å²) in [6.07, 6.45) is 5.16. The first kappa shape index (κ1) is 16.6. The van der Waals surface area contributed by atoms with Crippen molar-refractivity contribution in [3.8, 4) is 0 Å². The molecule has 0 saturated carbocycles. The van der Waals surface area contributed by atoms with Crippen molar-refractivity contribution in [1.29, 1.82) is 0 Å². The van der Waals surface area contributed by atoms with E-state index in [0.29, 0.717) is 6.04 Å². The molecule has 1 aromatic carbocycles. The first-order valence-corrected chi connectivity index (χ1v) is 9.30. The summed E-state index contributed by atoms with van der Waals surface area (Å²) < 4.78 is 6.27. The van der Waals surface area contributed by atoms with Gasteiger partial charge in [-0.2, -0.15) is 0 Å². The smallest absolute Gasteiger partial charge is 0.126 e. The van der Waals surface area contributed by atoms with Crippen LogP contribution in [0.25, 0.3) is 0 Å². The molecule has 132 valence electrons. The summed E-state index contributed by atoms with van der Waals surface area (Å²) in [6, 6.07) is 15.2. The van der Waals surface area contributed by atoms with E-state index in [1.807, 2.05) is 24.4 Å². The Kier molecular flexibility index (Phi) is 4.73. The number of benzene rings is 1. The molecule has 3 heterocycles. The van der Waals surface area contributed by atoms with Gasteiger partial charge in [0.15, 0.2) is 0 Å². The zero-order valence-corrected chi connectivity index (χ0v) is 14.9. The van der Waals surface area contributed by atoms with Crippen LogP contribution in [0.1, 0.15) is 30.4 Å². The van der Waals surface area contributed by atoms with E-state index in [0.717, 1.165) is 51.3 Å². The molecule has 2 aliphatic heterocycles. The van der Waals surface area contributed by atoms with Crippen molar-refractivity contribution in [3.05, 3.63) is 59.8 Å². The van der Waals surface area contributed by atoms with E-state index in [1.54, 1.807) is 0 Å². The maximum atomic E-state index is 6.27. The molecule has 4 nitrogen and oxygen atoms in total. The maximum absolute atomic E-state index is 6.27. The topological polar surface area (TPSA) is 37.4 Å². The quantitative estimate of drug-likeness (QED) is 0.924. The molecule has 4 rings (SSSR count). The minimum atomic E-state index is 0.0650. The average molecular weight is 337 g/mol. The van der Waals surface area contributed by atoms with Crippen LogP contribution in [-0.4, -0.2) is 41.2 Å². The Morgan fingerprint density at radius 3 is 2.84 bits per heavy atom. The van der Waals surface area contributed by atoms with Crippen LogP contribution in [0, 0.1) is 6.92 Å². The third-order valence-corrected chi connectivity index (χ3v) is 5.48. The predicted molar refractivity (Wildman–Crippen MR) is 101 cm³/mol. The molecule has 0 bridgehead atoms. The van der Waals surface area contributed by atoms with E-state index in [9.17, 15) is 0 Å². The fourth-order valence-electron chi connectivity index (χ4n) is 4.13. The van der Waals surface area contributed by atoms with Crippen LogP contribution >= 0.6 is 0 Å². The number of nitrogens with zero attached hydrogens (tertiary/aromatic N) is 2. The number of hydrogen-bond donors (Lipinski definition) is 1. The standard InChI is InChI=1S/C21H27N3O/c1-17-5-4-6-18(13-17)15-24-11-8-21(9-12-24)14-19(16-25-21)23-20-7-2-3-10-22-20/h2-7,10,13,19H,8-9,11-12,14-16H2,1H3,(H,22,23)/t19-/m0/s1. The van der Waals surface area contributed by atoms with Crippen LogP contribution in [0.15, 0.2) is 48.7 Å². The summed E-state index contributed by atoms with van der Waals surface area (Å²) in [6.45, 7) is 6.23. The summed E-state index contributed by atoms with van der Waals surface area (Å²) >= 11 is 0. The first-order valence-electron chi connectivity index (χ1n) is 9.30. The largest absolute Gasteiger partial charge is 0.373 e. The van der Waals surface area contributed by atoms with Gasteiger partial charge in [-0.15, -0.1) is 0 Å². The highest BCUT2D eigenvalue weighted by Gasteiger charge is 2.42. The van der Waals surface area contributed by atoms with Gasteiger partial charge in [0.2, 0.25) is 0 Å². The molecular weight excluding hydrogens is 310 g/mol. The van der Waals surface area contributed by atoms with Crippen molar-refractivity contribution < 1.29 is 4.74 Å². The molecule has 1 atom stereocenters. The summed E-state index contributed by atoms with van der Waals surface area (Å²) in [5, 5.41) is 3.52. The molecule has 25 heavy (non-hydrogen) atoms. The molecule has 2 aliphatic rings. The van der Waals surface area contributed by atoms with Crippen molar-refractivity contribution in [2.75, 3.05) is 25.0 Å². The third-order valence-electron chi connectivity index (χ3n) is 5.48. The SMILES string of the molecule is Cc1cccc(CN2CCC3(CC2)C[C@H](Nc2ccccn2)CO3)c1. The maximum Gasteiger partial charge on any atom is 0.126 e. The number of ether oxygens (including phenoxy) is 1. The van der Waals surface area contributed by atoms with Gasteiger partial charge in [-0.25, -0.2) is 4.98 Å². The zero-order chi connectivity index (χ0) is 17.1. The van der Waals surface area contributed by atoms with E-state index < -0.39 is 0 Å². The summed E-state index contributed by atoms with van der Waals surface area (Å²) in [5.41, 5.74) is 2.82. The van der Waals surface area contributed by atoms with Crippen LogP contribution in [0.2, 0.25) is 0 Å². The van der Waals surface area contributed by atoms with Gasteiger partial charge in [0, 0.05) is 25.8 Å². The molecule has 2 saturated heterocycles. The lowest BCUT2D eigenvalue weighted by molar-refractivity contribution is -0.0448. The van der Waals surface area contributed by atoms with E-state index in [-0.39, 0.29) is 5.60 Å². The molecule has 1 N–H and O–H groups in total. The Morgan fingerprint density at radius 2 is 2.08 bits per heavy atom. The van der Waals surface area contributed by atoms with E-state index in [1.165, 1.54) is 11.1 Å². The zero-order valence-electron chi connectivity index (χ0n) is 14.9. The summed E-state index contributed by atoms with van der Waals surface area (Å²) in [5.74, 6) is 0.949. The number of pyridine rings is 1. The minimum Gasteiger partial charge on any atom is -0.373 e. The Balaban J connectivity index is 1.29. The van der Waals surface area contributed by atoms with Gasteiger partial charge in [0.05, 0.1) is 18.2 Å². The molecule has 0 amide bonds. The lowest BCUT2D eigenvalue weighted by Crippen LogP contribution is -2.44. The summed E-state index contributed by atoms with van der Waals surface area (Å²) in [4.78, 5) is 6.93. The normalized spacial score (nSPS) is 23.0. The van der Waals surface area contributed by atoms with Gasteiger partial charge >= 0.3 is 0 Å². The van der Waals surface area contributed by atoms with Crippen LogP contribution in [0.3, 0.4) is 0 Å². The average Bonchev–Trinajstić information content (AvgIpc) is 3.01. The molecule has 1 aromatic heterocycles. The van der Waals surface area contributed by atoms with Crippen molar-refractivity contribution >= 4 is 5.82 Å². The van der Waals surface area contributed by atoms with Gasteiger partial charge in [-0.05, 0) is 43.9 Å².